The van der Waals surface area contributed by atoms with E-state index in [9.17, 15) is 22.8 Å². The zero-order valence-corrected chi connectivity index (χ0v) is 16.0. The molecule has 148 valence electrons. The standard InChI is InChI=1S/C17H23N3O6S/c1-11-7-12(2)9-20(8-11)27(24,25)14-5-3-13(4-6-14)16(22)26-10-15(21)19-17(18)23/h3-6,11-12H,7-10H2,1-2H3,(H3,18,19,21,23). The molecular weight excluding hydrogens is 374 g/mol. The van der Waals surface area contributed by atoms with Gasteiger partial charge in [-0.3, -0.25) is 10.1 Å². The molecule has 2 atom stereocenters. The van der Waals surface area contributed by atoms with E-state index >= 15 is 0 Å². The molecule has 0 aliphatic carbocycles. The number of rotatable bonds is 5. The second-order valence-corrected chi connectivity index (χ2v) is 8.72. The molecule has 2 rings (SSSR count). The van der Waals surface area contributed by atoms with E-state index in [0.717, 1.165) is 6.42 Å². The normalized spacial score (nSPS) is 20.7. The number of piperidine rings is 1. The Hall–Kier alpha value is -2.46. The molecule has 3 amide bonds. The summed E-state index contributed by atoms with van der Waals surface area (Å²) in [5.41, 5.74) is 4.86. The molecule has 0 bridgehead atoms. The lowest BCUT2D eigenvalue weighted by Crippen LogP contribution is -2.42. The molecule has 1 aromatic rings. The number of benzene rings is 1. The highest BCUT2D eigenvalue weighted by Gasteiger charge is 2.31. The van der Waals surface area contributed by atoms with Crippen LogP contribution in [0.1, 0.15) is 30.6 Å². The number of nitrogens with two attached hydrogens (primary N) is 1. The highest BCUT2D eigenvalue weighted by Crippen LogP contribution is 2.26. The van der Waals surface area contributed by atoms with E-state index in [1.807, 2.05) is 13.8 Å². The monoisotopic (exact) mass is 397 g/mol. The molecule has 0 radical (unpaired) electrons. The summed E-state index contributed by atoms with van der Waals surface area (Å²) in [6, 6.07) is 4.25. The van der Waals surface area contributed by atoms with Crippen LogP contribution in [0.2, 0.25) is 0 Å². The molecule has 1 saturated heterocycles. The minimum absolute atomic E-state index is 0.0844. The molecule has 1 aliphatic heterocycles. The molecule has 1 fully saturated rings. The van der Waals surface area contributed by atoms with Gasteiger partial charge in [-0.1, -0.05) is 13.8 Å². The van der Waals surface area contributed by atoms with Crippen LogP contribution in [0.3, 0.4) is 0 Å². The molecule has 0 saturated carbocycles. The molecule has 1 aromatic carbocycles. The number of esters is 1. The summed E-state index contributed by atoms with van der Waals surface area (Å²) in [6.45, 7) is 4.29. The van der Waals surface area contributed by atoms with Crippen LogP contribution in [0.4, 0.5) is 4.79 Å². The summed E-state index contributed by atoms with van der Waals surface area (Å²) >= 11 is 0. The average molecular weight is 397 g/mol. The Morgan fingerprint density at radius 2 is 1.70 bits per heavy atom. The Kier molecular flexibility index (Phi) is 6.55. The van der Waals surface area contributed by atoms with Gasteiger partial charge in [-0.25, -0.2) is 18.0 Å². The van der Waals surface area contributed by atoms with Crippen molar-refractivity contribution in [2.75, 3.05) is 19.7 Å². The van der Waals surface area contributed by atoms with Crippen molar-refractivity contribution in [2.45, 2.75) is 25.2 Å². The first-order chi connectivity index (χ1) is 12.6. The maximum atomic E-state index is 12.8. The van der Waals surface area contributed by atoms with Gasteiger partial charge in [0.05, 0.1) is 10.5 Å². The van der Waals surface area contributed by atoms with Gasteiger partial charge in [0.2, 0.25) is 10.0 Å². The lowest BCUT2D eigenvalue weighted by molar-refractivity contribution is -0.123. The maximum absolute atomic E-state index is 12.8. The van der Waals surface area contributed by atoms with E-state index in [4.69, 9.17) is 10.5 Å². The van der Waals surface area contributed by atoms with Crippen LogP contribution in [0.25, 0.3) is 0 Å². The molecule has 3 N–H and O–H groups in total. The van der Waals surface area contributed by atoms with Crippen molar-refractivity contribution in [1.29, 1.82) is 0 Å². The van der Waals surface area contributed by atoms with Gasteiger partial charge in [0, 0.05) is 13.1 Å². The van der Waals surface area contributed by atoms with Crippen molar-refractivity contribution < 1.29 is 27.5 Å². The average Bonchev–Trinajstić information content (AvgIpc) is 2.58. The number of carbonyl (C=O) groups excluding carboxylic acids is 3. The Labute approximate surface area is 157 Å². The van der Waals surface area contributed by atoms with Crippen LogP contribution in [0.15, 0.2) is 29.2 Å². The second-order valence-electron chi connectivity index (χ2n) is 6.78. The second kappa shape index (κ2) is 8.49. The molecule has 27 heavy (non-hydrogen) atoms. The molecule has 10 heteroatoms. The Bertz CT molecular complexity index is 812. The summed E-state index contributed by atoms with van der Waals surface area (Å²) < 4.78 is 31.8. The zero-order chi connectivity index (χ0) is 20.2. The SMILES string of the molecule is CC1CC(C)CN(S(=O)(=O)c2ccc(C(=O)OCC(=O)NC(N)=O)cc2)C1. The lowest BCUT2D eigenvalue weighted by atomic mass is 9.94. The molecule has 0 spiro atoms. The Morgan fingerprint density at radius 1 is 1.15 bits per heavy atom. The highest BCUT2D eigenvalue weighted by atomic mass is 32.2. The summed E-state index contributed by atoms with van der Waals surface area (Å²) in [5, 5.41) is 1.76. The van der Waals surface area contributed by atoms with Gasteiger partial charge >= 0.3 is 12.0 Å². The molecule has 9 nitrogen and oxygen atoms in total. The number of amides is 3. The topological polar surface area (TPSA) is 136 Å². The van der Waals surface area contributed by atoms with Gasteiger partial charge < -0.3 is 10.5 Å². The minimum Gasteiger partial charge on any atom is -0.452 e. The summed E-state index contributed by atoms with van der Waals surface area (Å²) in [7, 11) is -3.64. The molecular formula is C17H23N3O6S. The van der Waals surface area contributed by atoms with Crippen LogP contribution in [0.5, 0.6) is 0 Å². The van der Waals surface area contributed by atoms with Gasteiger partial charge in [-0.05, 0) is 42.5 Å². The predicted octanol–water partition coefficient (Wildman–Crippen LogP) is 0.705. The number of hydrogen-bond donors (Lipinski definition) is 2. The quantitative estimate of drug-likeness (QED) is 0.702. The fourth-order valence-corrected chi connectivity index (χ4v) is 4.78. The first-order valence-electron chi connectivity index (χ1n) is 8.46. The molecule has 1 aliphatic rings. The number of nitrogens with one attached hydrogen (secondary N) is 1. The number of carbonyl (C=O) groups is 3. The van der Waals surface area contributed by atoms with E-state index in [1.165, 1.54) is 28.6 Å². The van der Waals surface area contributed by atoms with E-state index < -0.39 is 34.5 Å². The number of ether oxygens (including phenoxy) is 1. The van der Waals surface area contributed by atoms with Gasteiger partial charge in [-0.15, -0.1) is 0 Å². The number of nitrogens with zero attached hydrogens (tertiary/aromatic N) is 1. The third kappa shape index (κ3) is 5.51. The van der Waals surface area contributed by atoms with Crippen molar-refractivity contribution >= 4 is 27.9 Å². The smallest absolute Gasteiger partial charge is 0.338 e. The van der Waals surface area contributed by atoms with Crippen LogP contribution < -0.4 is 11.1 Å². The highest BCUT2D eigenvalue weighted by molar-refractivity contribution is 7.89. The lowest BCUT2D eigenvalue weighted by Gasteiger charge is -2.34. The fourth-order valence-electron chi connectivity index (χ4n) is 3.10. The van der Waals surface area contributed by atoms with Crippen LogP contribution in [-0.2, 0) is 19.6 Å². The summed E-state index contributed by atoms with van der Waals surface area (Å²) in [4.78, 5) is 33.7. The van der Waals surface area contributed by atoms with Gasteiger partial charge in [0.15, 0.2) is 6.61 Å². The number of imide groups is 1. The summed E-state index contributed by atoms with van der Waals surface area (Å²) in [5.74, 6) is -1.11. The van der Waals surface area contributed by atoms with Gasteiger partial charge in [-0.2, -0.15) is 4.31 Å². The fraction of sp³-hybridized carbons (Fsp3) is 0.471. The minimum atomic E-state index is -3.64. The zero-order valence-electron chi connectivity index (χ0n) is 15.2. The van der Waals surface area contributed by atoms with Crippen molar-refractivity contribution in [3.8, 4) is 0 Å². The molecule has 2 unspecified atom stereocenters. The van der Waals surface area contributed by atoms with Crippen LogP contribution in [0, 0.1) is 11.8 Å². The number of hydrogen-bond acceptors (Lipinski definition) is 6. The van der Waals surface area contributed by atoms with Crippen molar-refractivity contribution in [2.24, 2.45) is 17.6 Å². The predicted molar refractivity (Wildman–Crippen MR) is 96.2 cm³/mol. The number of urea groups is 1. The van der Waals surface area contributed by atoms with E-state index in [2.05, 4.69) is 0 Å². The van der Waals surface area contributed by atoms with E-state index in [1.54, 1.807) is 5.32 Å². The third-order valence-corrected chi connectivity index (χ3v) is 6.01. The van der Waals surface area contributed by atoms with Gasteiger partial charge in [0.1, 0.15) is 0 Å². The molecule has 1 heterocycles. The largest absolute Gasteiger partial charge is 0.452 e. The molecule has 0 aromatic heterocycles. The van der Waals surface area contributed by atoms with Crippen molar-refractivity contribution in [3.05, 3.63) is 29.8 Å². The number of primary amides is 1. The number of sulfonamides is 1. The Morgan fingerprint density at radius 3 is 2.22 bits per heavy atom. The first kappa shape index (κ1) is 20.8. The summed E-state index contributed by atoms with van der Waals surface area (Å²) in [6.07, 6.45) is 0.986. The first-order valence-corrected chi connectivity index (χ1v) is 9.90. The van der Waals surface area contributed by atoms with Crippen molar-refractivity contribution in [3.63, 3.8) is 0 Å². The van der Waals surface area contributed by atoms with Crippen LogP contribution >= 0.6 is 0 Å². The van der Waals surface area contributed by atoms with Gasteiger partial charge in [0.25, 0.3) is 5.91 Å². The Balaban J connectivity index is 2.04. The maximum Gasteiger partial charge on any atom is 0.338 e. The van der Waals surface area contributed by atoms with Crippen LogP contribution in [-0.4, -0.2) is 50.3 Å². The van der Waals surface area contributed by atoms with E-state index in [-0.39, 0.29) is 22.3 Å². The third-order valence-electron chi connectivity index (χ3n) is 4.16. The van der Waals surface area contributed by atoms with Crippen molar-refractivity contribution in [1.82, 2.24) is 9.62 Å². The van der Waals surface area contributed by atoms with E-state index in [0.29, 0.717) is 13.1 Å².